The molecule has 1 amide bonds. The van der Waals surface area contributed by atoms with Crippen LogP contribution < -0.4 is 10.5 Å². The summed E-state index contributed by atoms with van der Waals surface area (Å²) in [6.07, 6.45) is 7.11. The molecule has 2 atom stereocenters. The number of hydrogen-bond donors (Lipinski definition) is 2. The van der Waals surface area contributed by atoms with Gasteiger partial charge in [0.25, 0.3) is 11.5 Å². The quantitative estimate of drug-likeness (QED) is 0.561. The van der Waals surface area contributed by atoms with Crippen LogP contribution in [0.1, 0.15) is 18.9 Å². The van der Waals surface area contributed by atoms with E-state index in [1.54, 1.807) is 61.7 Å². The van der Waals surface area contributed by atoms with Crippen molar-refractivity contribution in [2.45, 2.75) is 18.9 Å². The Morgan fingerprint density at radius 3 is 2.75 bits per heavy atom. The number of aromatic nitrogens is 2. The van der Waals surface area contributed by atoms with Crippen molar-refractivity contribution in [2.24, 2.45) is 5.92 Å². The Labute approximate surface area is 185 Å². The molecule has 7 nitrogen and oxygen atoms in total. The van der Waals surface area contributed by atoms with Gasteiger partial charge in [0.2, 0.25) is 0 Å². The highest BCUT2D eigenvalue weighted by atomic mass is 16.3. The van der Waals surface area contributed by atoms with Gasteiger partial charge in [-0.15, -0.1) is 6.58 Å². The Morgan fingerprint density at radius 2 is 2.00 bits per heavy atom. The van der Waals surface area contributed by atoms with Crippen molar-refractivity contribution in [3.63, 3.8) is 0 Å². The molecule has 0 radical (unpaired) electrons. The second-order valence-corrected chi connectivity index (χ2v) is 7.85. The zero-order chi connectivity index (χ0) is 22.9. The lowest BCUT2D eigenvalue weighted by Crippen LogP contribution is -2.44. The van der Waals surface area contributed by atoms with Crippen molar-refractivity contribution in [2.75, 3.05) is 18.1 Å². The molecule has 164 valence electrons. The number of fused-ring (bicyclic) bond motifs is 2. The summed E-state index contributed by atoms with van der Waals surface area (Å²) < 4.78 is 1.27. The fourth-order valence-electron chi connectivity index (χ4n) is 4.17. The van der Waals surface area contributed by atoms with Crippen LogP contribution in [0.15, 0.2) is 78.3 Å². The van der Waals surface area contributed by atoms with Crippen LogP contribution in [0, 0.1) is 5.92 Å². The lowest BCUT2D eigenvalue weighted by Gasteiger charge is -2.27. The van der Waals surface area contributed by atoms with E-state index in [9.17, 15) is 14.7 Å². The largest absolute Gasteiger partial charge is 0.396 e. The monoisotopic (exact) mass is 431 g/mol. The second-order valence-electron chi connectivity index (χ2n) is 7.85. The highest BCUT2D eigenvalue weighted by molar-refractivity contribution is 6.07. The minimum Gasteiger partial charge on any atom is -0.396 e. The van der Waals surface area contributed by atoms with Crippen molar-refractivity contribution >= 4 is 22.4 Å². The molecule has 32 heavy (non-hydrogen) atoms. The summed E-state index contributed by atoms with van der Waals surface area (Å²) in [4.78, 5) is 27.8. The van der Waals surface area contributed by atoms with Gasteiger partial charge < -0.3 is 15.1 Å². The highest BCUT2D eigenvalue weighted by Crippen LogP contribution is 2.45. The van der Waals surface area contributed by atoms with E-state index >= 15 is 0 Å². The summed E-state index contributed by atoms with van der Waals surface area (Å²) in [7, 11) is 0. The molecular weight excluding hydrogens is 406 g/mol. The van der Waals surface area contributed by atoms with E-state index in [0.29, 0.717) is 28.7 Å². The lowest BCUT2D eigenvalue weighted by molar-refractivity contribution is -0.139. The van der Waals surface area contributed by atoms with Crippen LogP contribution in [-0.2, 0) is 10.4 Å². The van der Waals surface area contributed by atoms with E-state index in [0.717, 1.165) is 5.39 Å². The molecule has 0 unspecified atom stereocenters. The Bertz CT molecular complexity index is 1280. The third-order valence-corrected chi connectivity index (χ3v) is 5.88. The van der Waals surface area contributed by atoms with E-state index in [1.807, 2.05) is 12.1 Å². The predicted molar refractivity (Wildman–Crippen MR) is 124 cm³/mol. The average Bonchev–Trinajstić information content (AvgIpc) is 3.02. The molecule has 1 aliphatic rings. The Balaban J connectivity index is 1.87. The molecule has 1 aliphatic heterocycles. The number of nitrogens with zero attached hydrogens (tertiary/aromatic N) is 3. The Kier molecular flexibility index (Phi) is 5.78. The highest BCUT2D eigenvalue weighted by Gasteiger charge is 2.52. The van der Waals surface area contributed by atoms with Crippen molar-refractivity contribution in [1.82, 2.24) is 9.78 Å². The number of carbonyl (C=O) groups excluding carboxylic acids is 1. The number of anilines is 1. The van der Waals surface area contributed by atoms with Crippen molar-refractivity contribution in [3.8, 4) is 5.69 Å². The zero-order valence-corrected chi connectivity index (χ0v) is 17.8. The molecule has 0 fully saturated rings. The van der Waals surface area contributed by atoms with Gasteiger partial charge in [0, 0.05) is 30.0 Å². The van der Waals surface area contributed by atoms with Crippen molar-refractivity contribution in [1.29, 1.82) is 0 Å². The van der Waals surface area contributed by atoms with Crippen molar-refractivity contribution < 1.29 is 15.0 Å². The maximum Gasteiger partial charge on any atom is 0.279 e. The van der Waals surface area contributed by atoms with Gasteiger partial charge in [0.1, 0.15) is 0 Å². The summed E-state index contributed by atoms with van der Waals surface area (Å²) in [6, 6.07) is 12.3. The summed E-state index contributed by atoms with van der Waals surface area (Å²) in [5.41, 5.74) is -0.671. The van der Waals surface area contributed by atoms with Gasteiger partial charge in [-0.05, 0) is 30.7 Å². The average molecular weight is 431 g/mol. The predicted octanol–water partition coefficient (Wildman–Crippen LogP) is 2.68. The molecule has 2 N–H and O–H groups in total. The SMILES string of the molecule is C=CCN1C(=O)[C@@](O)([C@@H](C)/C=C/CCO)c2cc(-n3ncc4ccccc4c3=O)ccc21. The van der Waals surface area contributed by atoms with Gasteiger partial charge in [-0.1, -0.05) is 43.4 Å². The summed E-state index contributed by atoms with van der Waals surface area (Å²) in [6.45, 7) is 5.69. The fraction of sp³-hybridized carbons (Fsp3) is 0.240. The smallest absolute Gasteiger partial charge is 0.279 e. The number of aliphatic hydroxyl groups is 2. The molecule has 0 saturated heterocycles. The number of rotatable bonds is 7. The molecule has 4 rings (SSSR count). The lowest BCUT2D eigenvalue weighted by atomic mass is 9.82. The van der Waals surface area contributed by atoms with Gasteiger partial charge in [-0.25, -0.2) is 0 Å². The van der Waals surface area contributed by atoms with E-state index in [1.165, 1.54) is 9.58 Å². The number of benzene rings is 2. The molecule has 1 aromatic heterocycles. The summed E-state index contributed by atoms with van der Waals surface area (Å²) >= 11 is 0. The van der Waals surface area contributed by atoms with Gasteiger partial charge in [-0.3, -0.25) is 9.59 Å². The molecular formula is C25H25N3O4. The van der Waals surface area contributed by atoms with Crippen molar-refractivity contribution in [3.05, 3.63) is 89.4 Å². The number of hydrogen-bond acceptors (Lipinski definition) is 5. The number of amides is 1. The minimum atomic E-state index is -1.82. The van der Waals surface area contributed by atoms with Crippen LogP contribution >= 0.6 is 0 Å². The van der Waals surface area contributed by atoms with E-state index in [2.05, 4.69) is 11.7 Å². The first-order valence-electron chi connectivity index (χ1n) is 10.5. The van der Waals surface area contributed by atoms with Crippen LogP contribution in [0.3, 0.4) is 0 Å². The van der Waals surface area contributed by atoms with Crippen LogP contribution in [0.4, 0.5) is 5.69 Å². The van der Waals surface area contributed by atoms with E-state index < -0.39 is 17.4 Å². The first kappa shape index (κ1) is 21.7. The molecule has 0 aliphatic carbocycles. The first-order valence-corrected chi connectivity index (χ1v) is 10.5. The zero-order valence-electron chi connectivity index (χ0n) is 17.8. The molecule has 2 heterocycles. The van der Waals surface area contributed by atoms with E-state index in [4.69, 9.17) is 5.11 Å². The van der Waals surface area contributed by atoms with Gasteiger partial charge >= 0.3 is 0 Å². The standard InChI is InChI=1S/C25H25N3O4/c1-3-13-27-22-12-11-19(28-23(30)20-10-5-4-9-18(20)16-26-28)15-21(22)25(32,24(27)31)17(2)8-6-7-14-29/h3-6,8-12,15-17,29,32H,1,7,13-14H2,2H3/b8-6+/t17-,25+/m0/s1. The third-order valence-electron chi connectivity index (χ3n) is 5.88. The normalized spacial score (nSPS) is 19.0. The van der Waals surface area contributed by atoms with Crippen LogP contribution in [-0.4, -0.2) is 39.1 Å². The molecule has 2 aromatic carbocycles. The maximum atomic E-state index is 13.3. The van der Waals surface area contributed by atoms with Gasteiger partial charge in [0.05, 0.1) is 23.0 Å². The summed E-state index contributed by atoms with van der Waals surface area (Å²) in [5.74, 6) is -1.02. The van der Waals surface area contributed by atoms with E-state index in [-0.39, 0.29) is 18.7 Å². The Morgan fingerprint density at radius 1 is 1.22 bits per heavy atom. The fourth-order valence-corrected chi connectivity index (χ4v) is 4.17. The molecule has 0 saturated carbocycles. The van der Waals surface area contributed by atoms with Gasteiger partial charge in [-0.2, -0.15) is 9.78 Å². The minimum absolute atomic E-state index is 0.0184. The molecule has 7 heteroatoms. The topological polar surface area (TPSA) is 95.7 Å². The molecule has 3 aromatic rings. The number of carbonyl (C=O) groups is 1. The van der Waals surface area contributed by atoms with Gasteiger partial charge in [0.15, 0.2) is 5.60 Å². The van der Waals surface area contributed by atoms with Crippen LogP contribution in [0.25, 0.3) is 16.5 Å². The first-order chi connectivity index (χ1) is 15.4. The van der Waals surface area contributed by atoms with Crippen LogP contribution in [0.5, 0.6) is 0 Å². The maximum absolute atomic E-state index is 13.3. The van der Waals surface area contributed by atoms with Crippen LogP contribution in [0.2, 0.25) is 0 Å². The summed E-state index contributed by atoms with van der Waals surface area (Å²) in [5, 5.41) is 26.3. The molecule has 0 bridgehead atoms. The third kappa shape index (κ3) is 3.36. The number of aliphatic hydroxyl groups excluding tert-OH is 1. The second kappa shape index (κ2) is 8.53. The molecule has 0 spiro atoms. The Hall–Kier alpha value is -3.55.